The van der Waals surface area contributed by atoms with E-state index in [0.717, 1.165) is 66.8 Å². The van der Waals surface area contributed by atoms with Gasteiger partial charge in [-0.05, 0) is 71.3 Å². The second kappa shape index (κ2) is 12.3. The molecule has 0 N–H and O–H groups in total. The first-order valence-corrected chi connectivity index (χ1v) is 18.9. The quantitative estimate of drug-likeness (QED) is 0.172. The van der Waals surface area contributed by atoms with Gasteiger partial charge in [-0.25, -0.2) is 4.98 Å². The fraction of sp³-hybridized carbons (Fsp3) is 0. The molecule has 0 aliphatic heterocycles. The number of hydrogen-bond acceptors (Lipinski definition) is 5. The molecule has 0 aliphatic rings. The Morgan fingerprint density at radius 1 is 0.444 bits per heavy atom. The third-order valence-electron chi connectivity index (χ3n) is 10.3. The summed E-state index contributed by atoms with van der Waals surface area (Å²) in [6.07, 6.45) is 0. The van der Waals surface area contributed by atoms with Gasteiger partial charge in [0.25, 0.3) is 0 Å². The van der Waals surface area contributed by atoms with E-state index in [1.54, 1.807) is 0 Å². The zero-order chi connectivity index (χ0) is 35.6. The molecular weight excluding hydrogens is 681 g/mol. The molecule has 0 atom stereocenters. The number of benzene rings is 8. The lowest BCUT2D eigenvalue weighted by Crippen LogP contribution is -2.11. The van der Waals surface area contributed by atoms with Crippen LogP contribution in [0.3, 0.4) is 0 Å². The van der Waals surface area contributed by atoms with Gasteiger partial charge in [-0.2, -0.15) is 0 Å². The van der Waals surface area contributed by atoms with Crippen LogP contribution in [0.4, 0.5) is 17.1 Å². The van der Waals surface area contributed by atoms with E-state index in [4.69, 9.17) is 13.8 Å². The van der Waals surface area contributed by atoms with Gasteiger partial charge in [0.05, 0.1) is 16.8 Å². The van der Waals surface area contributed by atoms with Gasteiger partial charge in [-0.3, -0.25) is 0 Å². The average Bonchev–Trinajstić information content (AvgIpc) is 3.96. The van der Waals surface area contributed by atoms with E-state index in [-0.39, 0.29) is 0 Å². The first-order chi connectivity index (χ1) is 26.8. The Hall–Kier alpha value is -6.95. The topological polar surface area (TPSA) is 42.4 Å². The van der Waals surface area contributed by atoms with Crippen LogP contribution in [0.25, 0.3) is 86.9 Å². The van der Waals surface area contributed by atoms with E-state index in [1.165, 1.54) is 31.3 Å². The number of hydrogen-bond donors (Lipinski definition) is 0. The Morgan fingerprint density at radius 2 is 1.07 bits per heavy atom. The molecular formula is C49H30N2O2S. The molecule has 0 amide bonds. The minimum atomic E-state index is 0.591. The maximum absolute atomic E-state index is 6.82. The van der Waals surface area contributed by atoms with Crippen LogP contribution in [0.1, 0.15) is 0 Å². The number of furan rings is 1. The Morgan fingerprint density at radius 3 is 1.93 bits per heavy atom. The van der Waals surface area contributed by atoms with Crippen molar-refractivity contribution in [2.45, 2.75) is 0 Å². The van der Waals surface area contributed by atoms with Crippen LogP contribution in [0.2, 0.25) is 0 Å². The predicted molar refractivity (Wildman–Crippen MR) is 225 cm³/mol. The lowest BCUT2D eigenvalue weighted by Gasteiger charge is -2.28. The van der Waals surface area contributed by atoms with Crippen molar-refractivity contribution in [1.82, 2.24) is 4.98 Å². The van der Waals surface area contributed by atoms with Crippen molar-refractivity contribution in [2.75, 3.05) is 4.90 Å². The number of nitrogens with zero attached hydrogens (tertiary/aromatic N) is 2. The molecule has 0 bridgehead atoms. The van der Waals surface area contributed by atoms with Crippen molar-refractivity contribution in [3.8, 4) is 33.7 Å². The molecule has 0 saturated carbocycles. The standard InChI is InChI=1S/C49H30N2O2S/c1-3-13-31(14-4-1)35-17-7-9-22-40(35)51(34-27-25-32(26-28-34)36-19-11-20-38-37-18-8-10-24-44(37)54-48(36)38)41-23-12-21-39-45-42(52-47(39)41)29-30-43-46(45)50-49(53-43)33-15-5-2-6-16-33/h1-30H. The molecule has 0 spiro atoms. The molecule has 4 nitrogen and oxygen atoms in total. The van der Waals surface area contributed by atoms with Gasteiger partial charge < -0.3 is 13.7 Å². The molecule has 54 heavy (non-hydrogen) atoms. The van der Waals surface area contributed by atoms with Gasteiger partial charge >= 0.3 is 0 Å². The van der Waals surface area contributed by atoms with Gasteiger partial charge in [-0.1, -0.05) is 127 Å². The summed E-state index contributed by atoms with van der Waals surface area (Å²) in [5, 5.41) is 4.52. The van der Waals surface area contributed by atoms with Crippen molar-refractivity contribution < 1.29 is 8.83 Å². The molecule has 8 aromatic carbocycles. The monoisotopic (exact) mass is 710 g/mol. The van der Waals surface area contributed by atoms with Crippen LogP contribution in [0.15, 0.2) is 191 Å². The minimum Gasteiger partial charge on any atom is -0.454 e. The second-order valence-corrected chi connectivity index (χ2v) is 14.5. The number of rotatable bonds is 6. The van der Waals surface area contributed by atoms with E-state index in [1.807, 2.05) is 53.8 Å². The third kappa shape index (κ3) is 4.86. The minimum absolute atomic E-state index is 0.591. The SMILES string of the molecule is c1ccc(-c2nc3c(ccc4oc5c(N(c6ccc(-c7cccc8c7sc7ccccc78)cc6)c6ccccc6-c6ccccc6)cccc5c43)o2)cc1. The Kier molecular flexibility index (Phi) is 7.00. The van der Waals surface area contributed by atoms with Gasteiger partial charge in [0.1, 0.15) is 11.1 Å². The first-order valence-electron chi connectivity index (χ1n) is 18.0. The van der Waals surface area contributed by atoms with Crippen molar-refractivity contribution in [3.63, 3.8) is 0 Å². The maximum Gasteiger partial charge on any atom is 0.227 e. The highest BCUT2D eigenvalue weighted by atomic mass is 32.1. The predicted octanol–water partition coefficient (Wildman–Crippen LogP) is 14.6. The highest BCUT2D eigenvalue weighted by molar-refractivity contribution is 7.26. The van der Waals surface area contributed by atoms with Gasteiger partial charge in [0.2, 0.25) is 5.89 Å². The molecule has 0 radical (unpaired) electrons. The summed E-state index contributed by atoms with van der Waals surface area (Å²) in [5.41, 5.74) is 11.7. The number of anilines is 3. The molecule has 5 heteroatoms. The second-order valence-electron chi connectivity index (χ2n) is 13.5. The van der Waals surface area contributed by atoms with Crippen LogP contribution >= 0.6 is 11.3 Å². The fourth-order valence-corrected chi connectivity index (χ4v) is 9.08. The summed E-state index contributed by atoms with van der Waals surface area (Å²) in [6, 6.07) is 63.8. The number of thiophene rings is 1. The smallest absolute Gasteiger partial charge is 0.227 e. The summed E-state index contributed by atoms with van der Waals surface area (Å²) >= 11 is 1.86. The molecule has 0 fully saturated rings. The Labute approximate surface area is 314 Å². The summed E-state index contributed by atoms with van der Waals surface area (Å²) in [5.74, 6) is 0.591. The van der Waals surface area contributed by atoms with E-state index in [0.29, 0.717) is 5.89 Å². The summed E-state index contributed by atoms with van der Waals surface area (Å²) in [4.78, 5) is 7.34. The summed E-state index contributed by atoms with van der Waals surface area (Å²) in [6.45, 7) is 0. The van der Waals surface area contributed by atoms with Crippen LogP contribution in [0.5, 0.6) is 0 Å². The Balaban J connectivity index is 1.11. The lowest BCUT2D eigenvalue weighted by atomic mass is 10.00. The van der Waals surface area contributed by atoms with Gasteiger partial charge in [0, 0.05) is 42.4 Å². The molecule has 11 rings (SSSR count). The van der Waals surface area contributed by atoms with Crippen molar-refractivity contribution in [1.29, 1.82) is 0 Å². The van der Waals surface area contributed by atoms with Crippen LogP contribution in [-0.2, 0) is 0 Å². The first kappa shape index (κ1) is 30.7. The highest BCUT2D eigenvalue weighted by Crippen LogP contribution is 2.47. The maximum atomic E-state index is 6.82. The van der Waals surface area contributed by atoms with Gasteiger partial charge in [-0.15, -0.1) is 11.3 Å². The highest BCUT2D eigenvalue weighted by Gasteiger charge is 2.24. The summed E-state index contributed by atoms with van der Waals surface area (Å²) in [7, 11) is 0. The molecule has 3 aromatic heterocycles. The summed E-state index contributed by atoms with van der Waals surface area (Å²) < 4.78 is 15.7. The normalized spacial score (nSPS) is 11.7. The van der Waals surface area contributed by atoms with E-state index in [9.17, 15) is 0 Å². The largest absolute Gasteiger partial charge is 0.454 e. The molecule has 0 saturated heterocycles. The molecule has 254 valence electrons. The number of oxazole rings is 1. The van der Waals surface area contributed by atoms with Crippen LogP contribution in [0, 0.1) is 0 Å². The third-order valence-corrected chi connectivity index (χ3v) is 11.6. The Bertz CT molecular complexity index is 3160. The molecule has 0 aliphatic carbocycles. The van der Waals surface area contributed by atoms with E-state index >= 15 is 0 Å². The number of aromatic nitrogens is 1. The zero-order valence-electron chi connectivity index (χ0n) is 28.9. The zero-order valence-corrected chi connectivity index (χ0v) is 29.8. The van der Waals surface area contributed by atoms with Gasteiger partial charge in [0.15, 0.2) is 11.2 Å². The van der Waals surface area contributed by atoms with E-state index < -0.39 is 0 Å². The van der Waals surface area contributed by atoms with Crippen molar-refractivity contribution in [3.05, 3.63) is 182 Å². The fourth-order valence-electron chi connectivity index (χ4n) is 7.84. The van der Waals surface area contributed by atoms with Crippen LogP contribution in [-0.4, -0.2) is 4.98 Å². The number of para-hydroxylation sites is 2. The van der Waals surface area contributed by atoms with Crippen molar-refractivity contribution in [2.24, 2.45) is 0 Å². The van der Waals surface area contributed by atoms with E-state index in [2.05, 4.69) is 144 Å². The number of fused-ring (bicyclic) bond motifs is 8. The van der Waals surface area contributed by atoms with Crippen LogP contribution < -0.4 is 4.90 Å². The molecule has 11 aromatic rings. The average molecular weight is 711 g/mol. The molecule has 3 heterocycles. The molecule has 0 unspecified atom stereocenters. The van der Waals surface area contributed by atoms with Crippen molar-refractivity contribution >= 4 is 81.6 Å². The lowest BCUT2D eigenvalue weighted by molar-refractivity contribution is 0.619.